The molecule has 3 nitrogen and oxygen atoms in total. The maximum atomic E-state index is 13.0. The topological polar surface area (TPSA) is 55.1 Å². The molecule has 1 aliphatic rings. The normalized spacial score (nSPS) is 23.2. The first kappa shape index (κ1) is 13.9. The van der Waals surface area contributed by atoms with Gasteiger partial charge >= 0.3 is 0 Å². The van der Waals surface area contributed by atoms with Crippen LogP contribution in [0.4, 0.5) is 13.2 Å². The number of nitrogens with one attached hydrogen (secondary N) is 1. The minimum atomic E-state index is -1.58. The molecule has 1 amide bonds. The third-order valence-electron chi connectivity index (χ3n) is 3.38. The van der Waals surface area contributed by atoms with Crippen LogP contribution in [-0.2, 0) is 0 Å². The van der Waals surface area contributed by atoms with Crippen molar-refractivity contribution in [3.63, 3.8) is 0 Å². The fourth-order valence-electron chi connectivity index (χ4n) is 2.28. The van der Waals surface area contributed by atoms with Crippen molar-refractivity contribution in [2.75, 3.05) is 0 Å². The van der Waals surface area contributed by atoms with Crippen LogP contribution >= 0.6 is 0 Å². The van der Waals surface area contributed by atoms with Gasteiger partial charge in [0.1, 0.15) is 0 Å². The molecule has 0 bridgehead atoms. The molecule has 2 rings (SSSR count). The Hall–Kier alpha value is -1.56. The van der Waals surface area contributed by atoms with Crippen molar-refractivity contribution in [1.82, 2.24) is 5.32 Å². The molecule has 1 aromatic carbocycles. The Kier molecular flexibility index (Phi) is 4.09. The Morgan fingerprint density at radius 1 is 1.16 bits per heavy atom. The first-order chi connectivity index (χ1) is 8.99. The molecule has 3 N–H and O–H groups in total. The van der Waals surface area contributed by atoms with Gasteiger partial charge in [-0.05, 0) is 25.0 Å². The Bertz CT molecular complexity index is 470. The van der Waals surface area contributed by atoms with Crippen LogP contribution in [0.5, 0.6) is 0 Å². The molecular formula is C13H15F3N2O. The van der Waals surface area contributed by atoms with Crippen molar-refractivity contribution in [3.8, 4) is 0 Å². The number of rotatable bonds is 2. The summed E-state index contributed by atoms with van der Waals surface area (Å²) in [4.78, 5) is 11.9. The highest BCUT2D eigenvalue weighted by atomic mass is 19.2. The predicted octanol–water partition coefficient (Wildman–Crippen LogP) is 2.10. The van der Waals surface area contributed by atoms with Crippen molar-refractivity contribution >= 4 is 5.91 Å². The van der Waals surface area contributed by atoms with E-state index in [-0.39, 0.29) is 17.6 Å². The Morgan fingerprint density at radius 3 is 2.32 bits per heavy atom. The summed E-state index contributed by atoms with van der Waals surface area (Å²) in [6.07, 6.45) is 3.49. The lowest BCUT2D eigenvalue weighted by Gasteiger charge is -2.29. The van der Waals surface area contributed by atoms with E-state index in [1.165, 1.54) is 0 Å². The van der Waals surface area contributed by atoms with E-state index in [9.17, 15) is 18.0 Å². The quantitative estimate of drug-likeness (QED) is 0.810. The van der Waals surface area contributed by atoms with Gasteiger partial charge in [0.05, 0.1) is 0 Å². The molecule has 1 fully saturated rings. The summed E-state index contributed by atoms with van der Waals surface area (Å²) in [7, 11) is 0. The maximum absolute atomic E-state index is 13.0. The first-order valence-corrected chi connectivity index (χ1v) is 6.20. The minimum Gasteiger partial charge on any atom is -0.348 e. The molecule has 19 heavy (non-hydrogen) atoms. The number of hydrogen-bond acceptors (Lipinski definition) is 2. The molecule has 104 valence electrons. The highest BCUT2D eigenvalue weighted by molar-refractivity contribution is 5.94. The fourth-order valence-corrected chi connectivity index (χ4v) is 2.28. The van der Waals surface area contributed by atoms with Crippen LogP contribution in [-0.4, -0.2) is 18.0 Å². The Morgan fingerprint density at radius 2 is 1.74 bits per heavy atom. The van der Waals surface area contributed by atoms with Gasteiger partial charge in [0, 0.05) is 17.6 Å². The van der Waals surface area contributed by atoms with E-state index >= 15 is 0 Å². The van der Waals surface area contributed by atoms with Gasteiger partial charge in [-0.15, -0.1) is 0 Å². The average molecular weight is 272 g/mol. The third-order valence-corrected chi connectivity index (χ3v) is 3.38. The molecular weight excluding hydrogens is 257 g/mol. The number of hydrogen-bond donors (Lipinski definition) is 2. The van der Waals surface area contributed by atoms with Crippen LogP contribution in [0.2, 0.25) is 0 Å². The van der Waals surface area contributed by atoms with Gasteiger partial charge in [0.2, 0.25) is 0 Å². The molecule has 0 heterocycles. The fraction of sp³-hybridized carbons (Fsp3) is 0.462. The molecule has 0 aromatic heterocycles. The van der Waals surface area contributed by atoms with E-state index in [1.807, 2.05) is 0 Å². The predicted molar refractivity (Wildman–Crippen MR) is 64.0 cm³/mol. The highest BCUT2D eigenvalue weighted by Crippen LogP contribution is 2.18. The van der Waals surface area contributed by atoms with Crippen molar-refractivity contribution in [2.45, 2.75) is 37.8 Å². The van der Waals surface area contributed by atoms with Gasteiger partial charge in [0.25, 0.3) is 5.91 Å². The van der Waals surface area contributed by atoms with Crippen LogP contribution in [0.1, 0.15) is 36.0 Å². The molecule has 0 aliphatic heterocycles. The van der Waals surface area contributed by atoms with E-state index in [0.29, 0.717) is 12.1 Å². The SMILES string of the molecule is N[C@@H]1CCCC[C@H]1NC(=O)c1cc(F)c(F)c(F)c1. The number of benzene rings is 1. The monoisotopic (exact) mass is 272 g/mol. The molecule has 0 saturated heterocycles. The molecule has 1 aromatic rings. The van der Waals surface area contributed by atoms with E-state index < -0.39 is 23.4 Å². The molecule has 1 aliphatic carbocycles. The van der Waals surface area contributed by atoms with E-state index in [4.69, 9.17) is 5.73 Å². The third kappa shape index (κ3) is 3.07. The summed E-state index contributed by atoms with van der Waals surface area (Å²) in [6, 6.07) is 0.995. The van der Waals surface area contributed by atoms with Gasteiger partial charge in [-0.1, -0.05) is 12.8 Å². The van der Waals surface area contributed by atoms with Crippen molar-refractivity contribution < 1.29 is 18.0 Å². The minimum absolute atomic E-state index is 0.159. The van der Waals surface area contributed by atoms with E-state index in [0.717, 1.165) is 25.7 Å². The van der Waals surface area contributed by atoms with E-state index in [2.05, 4.69) is 5.32 Å². The smallest absolute Gasteiger partial charge is 0.251 e. The second-order valence-corrected chi connectivity index (χ2v) is 4.78. The molecule has 6 heteroatoms. The largest absolute Gasteiger partial charge is 0.348 e. The lowest BCUT2D eigenvalue weighted by molar-refractivity contribution is 0.0920. The molecule has 0 radical (unpaired) electrons. The number of carbonyl (C=O) groups is 1. The van der Waals surface area contributed by atoms with Crippen LogP contribution in [0.3, 0.4) is 0 Å². The number of halogens is 3. The maximum Gasteiger partial charge on any atom is 0.251 e. The second-order valence-electron chi connectivity index (χ2n) is 4.78. The Balaban J connectivity index is 2.11. The standard InChI is InChI=1S/C13H15F3N2O/c14-8-5-7(6-9(15)12(8)16)13(19)18-11-4-2-1-3-10(11)17/h5-6,10-11H,1-4,17H2,(H,18,19)/t10-,11-/m1/s1. The van der Waals surface area contributed by atoms with Gasteiger partial charge in [0.15, 0.2) is 17.5 Å². The first-order valence-electron chi connectivity index (χ1n) is 6.20. The summed E-state index contributed by atoms with van der Waals surface area (Å²) in [5.74, 6) is -4.97. The zero-order chi connectivity index (χ0) is 14.0. The van der Waals surface area contributed by atoms with Crippen LogP contribution in [0, 0.1) is 17.5 Å². The van der Waals surface area contributed by atoms with E-state index in [1.54, 1.807) is 0 Å². The summed E-state index contributed by atoms with van der Waals surface area (Å²) < 4.78 is 38.9. The highest BCUT2D eigenvalue weighted by Gasteiger charge is 2.24. The molecule has 2 atom stereocenters. The summed E-state index contributed by atoms with van der Waals surface area (Å²) in [5, 5.41) is 2.64. The summed E-state index contributed by atoms with van der Waals surface area (Å²) in [5.41, 5.74) is 5.62. The van der Waals surface area contributed by atoms with Crippen molar-refractivity contribution in [3.05, 3.63) is 35.1 Å². The van der Waals surface area contributed by atoms with Crippen LogP contribution < -0.4 is 11.1 Å². The zero-order valence-corrected chi connectivity index (χ0v) is 10.3. The van der Waals surface area contributed by atoms with Crippen LogP contribution in [0.25, 0.3) is 0 Å². The van der Waals surface area contributed by atoms with Gasteiger partial charge < -0.3 is 11.1 Å². The van der Waals surface area contributed by atoms with Gasteiger partial charge in [-0.25, -0.2) is 13.2 Å². The number of carbonyl (C=O) groups excluding carboxylic acids is 1. The van der Waals surface area contributed by atoms with Gasteiger partial charge in [-0.2, -0.15) is 0 Å². The lowest BCUT2D eigenvalue weighted by atomic mass is 9.91. The molecule has 0 spiro atoms. The number of nitrogens with two attached hydrogens (primary N) is 1. The van der Waals surface area contributed by atoms with Crippen molar-refractivity contribution in [2.24, 2.45) is 5.73 Å². The van der Waals surface area contributed by atoms with Crippen LogP contribution in [0.15, 0.2) is 12.1 Å². The Labute approximate surface area is 109 Å². The van der Waals surface area contributed by atoms with Gasteiger partial charge in [-0.3, -0.25) is 4.79 Å². The molecule has 1 saturated carbocycles. The zero-order valence-electron chi connectivity index (χ0n) is 10.3. The average Bonchev–Trinajstić information content (AvgIpc) is 2.38. The van der Waals surface area contributed by atoms with Crippen molar-refractivity contribution in [1.29, 1.82) is 0 Å². The second kappa shape index (κ2) is 5.61. The lowest BCUT2D eigenvalue weighted by Crippen LogP contribution is -2.49. The number of amides is 1. The summed E-state index contributed by atoms with van der Waals surface area (Å²) in [6.45, 7) is 0. The molecule has 0 unspecified atom stereocenters. The summed E-state index contributed by atoms with van der Waals surface area (Å²) >= 11 is 0.